The maximum Gasteiger partial charge on any atom is 0.161 e. The molecule has 1 aromatic heterocycles. The van der Waals surface area contributed by atoms with Crippen LogP contribution in [0, 0.1) is 25.2 Å². The van der Waals surface area contributed by atoms with Crippen molar-refractivity contribution in [2.45, 2.75) is 13.8 Å². The lowest BCUT2D eigenvalue weighted by molar-refractivity contribution is 1.16. The number of nitrogen functional groups attached to an aromatic ring is 1. The highest BCUT2D eigenvalue weighted by molar-refractivity contribution is 6.32. The van der Waals surface area contributed by atoms with Gasteiger partial charge in [-0.15, -0.1) is 10.2 Å². The number of anilines is 3. The van der Waals surface area contributed by atoms with Gasteiger partial charge in [0.1, 0.15) is 23.3 Å². The molecule has 0 aliphatic rings. The molecule has 0 amide bonds. The molecule has 3 N–H and O–H groups in total. The van der Waals surface area contributed by atoms with Crippen molar-refractivity contribution in [3.05, 3.63) is 70.2 Å². The molecule has 0 spiro atoms. The number of aryl methyl sites for hydroxylation is 1. The van der Waals surface area contributed by atoms with E-state index in [9.17, 15) is 5.26 Å². The third kappa shape index (κ3) is 4.05. The Bertz CT molecular complexity index is 1050. The standard InChI is InChI=1S/C20H17ClN6/c1-12-8-9-16(21)17(10-12)26-27-18-13(2)15(11-22)19(23)25-20(18)24-14-6-4-3-5-7-14/h3-10H,1-2H3,(H3,23,24,25)/b27-26+. The number of hydrogen-bond donors (Lipinski definition) is 2. The van der Waals surface area contributed by atoms with Crippen molar-refractivity contribution in [2.24, 2.45) is 10.2 Å². The van der Waals surface area contributed by atoms with Crippen molar-refractivity contribution in [2.75, 3.05) is 11.1 Å². The van der Waals surface area contributed by atoms with E-state index in [-0.39, 0.29) is 11.4 Å². The quantitative estimate of drug-likeness (QED) is 0.548. The van der Waals surface area contributed by atoms with Gasteiger partial charge in [-0.25, -0.2) is 4.98 Å². The topological polar surface area (TPSA) is 99.4 Å². The van der Waals surface area contributed by atoms with Crippen LogP contribution in [0.1, 0.15) is 16.7 Å². The van der Waals surface area contributed by atoms with E-state index >= 15 is 0 Å². The zero-order valence-electron chi connectivity index (χ0n) is 14.9. The van der Waals surface area contributed by atoms with E-state index in [0.717, 1.165) is 11.3 Å². The molecule has 0 atom stereocenters. The number of azo groups is 1. The van der Waals surface area contributed by atoms with Crippen LogP contribution >= 0.6 is 11.6 Å². The maximum absolute atomic E-state index is 9.39. The molecule has 0 aliphatic carbocycles. The number of rotatable bonds is 4. The molecule has 7 heteroatoms. The first kappa shape index (κ1) is 18.4. The predicted molar refractivity (Wildman–Crippen MR) is 108 cm³/mol. The smallest absolute Gasteiger partial charge is 0.161 e. The molecule has 0 radical (unpaired) electrons. The maximum atomic E-state index is 9.39. The molecule has 27 heavy (non-hydrogen) atoms. The summed E-state index contributed by atoms with van der Waals surface area (Å²) in [6.07, 6.45) is 0. The Morgan fingerprint density at radius 3 is 2.56 bits per heavy atom. The van der Waals surface area contributed by atoms with E-state index in [0.29, 0.717) is 27.8 Å². The van der Waals surface area contributed by atoms with Crippen LogP contribution in [0.4, 0.5) is 28.7 Å². The summed E-state index contributed by atoms with van der Waals surface area (Å²) in [4.78, 5) is 4.31. The number of nitriles is 1. The van der Waals surface area contributed by atoms with Crippen LogP contribution in [-0.4, -0.2) is 4.98 Å². The van der Waals surface area contributed by atoms with Crippen LogP contribution < -0.4 is 11.1 Å². The minimum Gasteiger partial charge on any atom is -0.383 e. The monoisotopic (exact) mass is 376 g/mol. The first-order valence-electron chi connectivity index (χ1n) is 8.19. The number of aromatic nitrogens is 1. The minimum atomic E-state index is 0.140. The number of benzene rings is 2. The van der Waals surface area contributed by atoms with Gasteiger partial charge >= 0.3 is 0 Å². The van der Waals surface area contributed by atoms with Crippen LogP contribution in [-0.2, 0) is 0 Å². The lowest BCUT2D eigenvalue weighted by Gasteiger charge is -2.12. The molecule has 3 rings (SSSR count). The zero-order valence-corrected chi connectivity index (χ0v) is 15.6. The van der Waals surface area contributed by atoms with Crippen LogP contribution in [0.2, 0.25) is 5.02 Å². The molecule has 3 aromatic rings. The van der Waals surface area contributed by atoms with Crippen LogP contribution in [0.15, 0.2) is 58.8 Å². The van der Waals surface area contributed by atoms with Crippen molar-refractivity contribution in [1.82, 2.24) is 4.98 Å². The second kappa shape index (κ2) is 7.85. The summed E-state index contributed by atoms with van der Waals surface area (Å²) < 4.78 is 0. The minimum absolute atomic E-state index is 0.140. The second-order valence-electron chi connectivity index (χ2n) is 5.95. The lowest BCUT2D eigenvalue weighted by atomic mass is 10.1. The first-order chi connectivity index (χ1) is 13.0. The lowest BCUT2D eigenvalue weighted by Crippen LogP contribution is -2.03. The van der Waals surface area contributed by atoms with Crippen LogP contribution in [0.25, 0.3) is 0 Å². The molecule has 6 nitrogen and oxygen atoms in total. The van der Waals surface area contributed by atoms with Crippen LogP contribution in [0.5, 0.6) is 0 Å². The number of nitrogens with zero attached hydrogens (tertiary/aromatic N) is 4. The number of nitrogens with one attached hydrogen (secondary N) is 1. The van der Waals surface area contributed by atoms with Crippen molar-refractivity contribution in [1.29, 1.82) is 5.26 Å². The van der Waals surface area contributed by atoms with E-state index in [1.165, 1.54) is 0 Å². The molecule has 0 fully saturated rings. The molecule has 0 saturated carbocycles. The number of pyridine rings is 1. The molecular weight excluding hydrogens is 360 g/mol. The van der Waals surface area contributed by atoms with Gasteiger partial charge in [0.2, 0.25) is 0 Å². The number of hydrogen-bond acceptors (Lipinski definition) is 6. The molecule has 2 aromatic carbocycles. The summed E-state index contributed by atoms with van der Waals surface area (Å²) in [5.74, 6) is 0.559. The number of nitrogens with two attached hydrogens (primary N) is 1. The van der Waals surface area contributed by atoms with Gasteiger partial charge in [-0.05, 0) is 43.7 Å². The SMILES string of the molecule is Cc1ccc(Cl)c(/N=N/c2c(Nc3ccccc3)nc(N)c(C#N)c2C)c1. The Morgan fingerprint density at radius 1 is 1.11 bits per heavy atom. The van der Waals surface area contributed by atoms with Gasteiger partial charge in [-0.2, -0.15) is 5.26 Å². The summed E-state index contributed by atoms with van der Waals surface area (Å²) in [7, 11) is 0. The molecule has 0 aliphatic heterocycles. The predicted octanol–water partition coefficient (Wildman–Crippen LogP) is 5.96. The first-order valence-corrected chi connectivity index (χ1v) is 8.57. The summed E-state index contributed by atoms with van der Waals surface area (Å²) >= 11 is 6.20. The Balaban J connectivity index is 2.10. The molecule has 1 heterocycles. The van der Waals surface area contributed by atoms with Gasteiger partial charge in [0, 0.05) is 11.3 Å². The highest BCUT2D eigenvalue weighted by Gasteiger charge is 2.16. The molecule has 0 unspecified atom stereocenters. The second-order valence-corrected chi connectivity index (χ2v) is 6.36. The van der Waals surface area contributed by atoms with Gasteiger partial charge in [0.05, 0.1) is 10.6 Å². The van der Waals surface area contributed by atoms with Gasteiger partial charge in [-0.3, -0.25) is 0 Å². The Morgan fingerprint density at radius 2 is 1.85 bits per heavy atom. The Hall–Kier alpha value is -3.43. The normalized spacial score (nSPS) is 10.7. The summed E-state index contributed by atoms with van der Waals surface area (Å²) in [5, 5.41) is 21.7. The van der Waals surface area contributed by atoms with E-state index in [2.05, 4.69) is 26.6 Å². The van der Waals surface area contributed by atoms with Crippen molar-refractivity contribution < 1.29 is 0 Å². The highest BCUT2D eigenvalue weighted by Crippen LogP contribution is 2.36. The van der Waals surface area contributed by atoms with E-state index in [1.807, 2.05) is 49.4 Å². The largest absolute Gasteiger partial charge is 0.383 e. The van der Waals surface area contributed by atoms with E-state index in [4.69, 9.17) is 17.3 Å². The fourth-order valence-corrected chi connectivity index (χ4v) is 2.68. The zero-order chi connectivity index (χ0) is 19.4. The molecule has 134 valence electrons. The average Bonchev–Trinajstić information content (AvgIpc) is 2.65. The molecular formula is C20H17ClN6. The van der Waals surface area contributed by atoms with Gasteiger partial charge in [0.25, 0.3) is 0 Å². The summed E-state index contributed by atoms with van der Waals surface area (Å²) in [5.41, 5.74) is 9.61. The fourth-order valence-electron chi connectivity index (χ4n) is 2.53. The van der Waals surface area contributed by atoms with Gasteiger partial charge in [-0.1, -0.05) is 35.9 Å². The summed E-state index contributed by atoms with van der Waals surface area (Å²) in [6.45, 7) is 3.71. The molecule has 0 bridgehead atoms. The highest BCUT2D eigenvalue weighted by atomic mass is 35.5. The Kier molecular flexibility index (Phi) is 5.34. The molecule has 0 saturated heterocycles. The van der Waals surface area contributed by atoms with Crippen molar-refractivity contribution >= 4 is 40.3 Å². The summed E-state index contributed by atoms with van der Waals surface area (Å²) in [6, 6.07) is 17.1. The third-order valence-electron chi connectivity index (χ3n) is 3.95. The fraction of sp³-hybridized carbons (Fsp3) is 0.100. The van der Waals surface area contributed by atoms with Gasteiger partial charge < -0.3 is 11.1 Å². The van der Waals surface area contributed by atoms with E-state index in [1.54, 1.807) is 13.0 Å². The van der Waals surface area contributed by atoms with E-state index < -0.39 is 0 Å². The number of halogens is 1. The van der Waals surface area contributed by atoms with Gasteiger partial charge in [0.15, 0.2) is 5.82 Å². The average molecular weight is 377 g/mol. The van der Waals surface area contributed by atoms with Crippen LogP contribution in [0.3, 0.4) is 0 Å². The third-order valence-corrected chi connectivity index (χ3v) is 4.27. The van der Waals surface area contributed by atoms with Crippen molar-refractivity contribution in [3.8, 4) is 6.07 Å². The number of para-hydroxylation sites is 1. The Labute approximate surface area is 162 Å². The van der Waals surface area contributed by atoms with Crippen molar-refractivity contribution in [3.63, 3.8) is 0 Å².